The Morgan fingerprint density at radius 3 is 2.83 bits per heavy atom. The molecule has 0 atom stereocenters. The molecule has 9 heteroatoms. The zero-order valence-corrected chi connectivity index (χ0v) is 14.3. The Morgan fingerprint density at radius 1 is 1.30 bits per heavy atom. The van der Waals surface area contributed by atoms with E-state index in [-0.39, 0.29) is 6.54 Å². The third-order valence-electron chi connectivity index (χ3n) is 3.22. The highest BCUT2D eigenvalue weighted by molar-refractivity contribution is 7.99. The van der Waals surface area contributed by atoms with Crippen LogP contribution in [0.4, 0.5) is 11.5 Å². The summed E-state index contributed by atoms with van der Waals surface area (Å²) in [6.45, 7) is 0.577. The molecule has 0 aliphatic carbocycles. The maximum Gasteiger partial charge on any atom is 0.209 e. The molecule has 7 nitrogen and oxygen atoms in total. The lowest BCUT2D eigenvalue weighted by molar-refractivity contribution is 0.204. The molecule has 1 N–H and O–H groups in total. The molecule has 1 aliphatic rings. The Hall–Kier alpha value is -1.68. The molecule has 122 valence electrons. The Labute approximate surface area is 139 Å². The molecular formula is C14H16N4O3S2. The van der Waals surface area contributed by atoms with E-state index in [9.17, 15) is 8.42 Å². The number of nitrogens with one attached hydrogen (secondary N) is 1. The van der Waals surface area contributed by atoms with E-state index in [1.165, 1.54) is 11.8 Å². The van der Waals surface area contributed by atoms with Gasteiger partial charge in [0.1, 0.15) is 11.8 Å². The number of benzene rings is 1. The van der Waals surface area contributed by atoms with Crippen LogP contribution in [0.25, 0.3) is 0 Å². The summed E-state index contributed by atoms with van der Waals surface area (Å²) in [5.74, 6) is 0.736. The van der Waals surface area contributed by atoms with E-state index < -0.39 is 10.0 Å². The second-order valence-electron chi connectivity index (χ2n) is 5.03. The van der Waals surface area contributed by atoms with Crippen molar-refractivity contribution in [2.45, 2.75) is 16.5 Å². The van der Waals surface area contributed by atoms with Gasteiger partial charge in [0.15, 0.2) is 5.82 Å². The van der Waals surface area contributed by atoms with E-state index in [1.54, 1.807) is 19.5 Å². The number of rotatable bonds is 5. The standard InChI is InChI=1S/C14H16N4O3S2/c1-21-9-18-11-7-10(8-17-23(2,19)20)3-4-12(11)22-14-13(18)15-5-6-16-14/h3-7,17H,8-9H2,1-2H3. The SMILES string of the molecule is COCN1c2cc(CNS(C)(=O)=O)ccc2Sc2nccnc21. The summed E-state index contributed by atoms with van der Waals surface area (Å²) in [6, 6.07) is 5.80. The van der Waals surface area contributed by atoms with E-state index in [0.717, 1.165) is 33.2 Å². The molecule has 1 aromatic carbocycles. The van der Waals surface area contributed by atoms with Crippen molar-refractivity contribution in [3.8, 4) is 0 Å². The van der Waals surface area contributed by atoms with Gasteiger partial charge >= 0.3 is 0 Å². The van der Waals surface area contributed by atoms with Crippen LogP contribution in [0.3, 0.4) is 0 Å². The van der Waals surface area contributed by atoms with Gasteiger partial charge in [-0.15, -0.1) is 0 Å². The number of aromatic nitrogens is 2. The number of sulfonamides is 1. The number of hydrogen-bond acceptors (Lipinski definition) is 7. The normalized spacial score (nSPS) is 13.6. The molecule has 2 heterocycles. The molecule has 0 saturated heterocycles. The minimum Gasteiger partial charge on any atom is -0.364 e. The Morgan fingerprint density at radius 2 is 2.09 bits per heavy atom. The molecule has 3 rings (SSSR count). The molecule has 0 unspecified atom stereocenters. The number of nitrogens with zero attached hydrogens (tertiary/aromatic N) is 3. The van der Waals surface area contributed by atoms with Crippen LogP contribution in [0, 0.1) is 0 Å². The van der Waals surface area contributed by atoms with Crippen molar-refractivity contribution in [1.82, 2.24) is 14.7 Å². The van der Waals surface area contributed by atoms with E-state index in [2.05, 4.69) is 14.7 Å². The Kier molecular flexibility index (Phi) is 4.53. The van der Waals surface area contributed by atoms with E-state index in [4.69, 9.17) is 4.74 Å². The quantitative estimate of drug-likeness (QED) is 0.877. The smallest absolute Gasteiger partial charge is 0.209 e. The molecule has 1 aliphatic heterocycles. The molecule has 2 aromatic rings. The Bertz CT molecular complexity index is 827. The minimum atomic E-state index is -3.23. The third kappa shape index (κ3) is 3.63. The van der Waals surface area contributed by atoms with Crippen molar-refractivity contribution in [2.24, 2.45) is 0 Å². The zero-order valence-electron chi connectivity index (χ0n) is 12.7. The van der Waals surface area contributed by atoms with Crippen LogP contribution >= 0.6 is 11.8 Å². The molecular weight excluding hydrogens is 336 g/mol. The van der Waals surface area contributed by atoms with Gasteiger partial charge in [-0.3, -0.25) is 4.90 Å². The summed E-state index contributed by atoms with van der Waals surface area (Å²) in [4.78, 5) is 11.7. The molecule has 23 heavy (non-hydrogen) atoms. The lowest BCUT2D eigenvalue weighted by Crippen LogP contribution is -2.25. The summed E-state index contributed by atoms with van der Waals surface area (Å²) in [7, 11) is -1.61. The average Bonchev–Trinajstić information content (AvgIpc) is 2.52. The zero-order chi connectivity index (χ0) is 16.4. The van der Waals surface area contributed by atoms with Gasteiger partial charge in [0.2, 0.25) is 10.0 Å². The molecule has 0 radical (unpaired) electrons. The topological polar surface area (TPSA) is 84.4 Å². The molecule has 1 aromatic heterocycles. The van der Waals surface area contributed by atoms with Crippen molar-refractivity contribution in [3.05, 3.63) is 36.2 Å². The highest BCUT2D eigenvalue weighted by Crippen LogP contribution is 2.46. The van der Waals surface area contributed by atoms with Crippen LogP contribution in [0.15, 0.2) is 40.5 Å². The van der Waals surface area contributed by atoms with Gasteiger partial charge in [-0.2, -0.15) is 0 Å². The molecule has 0 fully saturated rings. The second-order valence-corrected chi connectivity index (χ2v) is 7.89. The second kappa shape index (κ2) is 6.44. The summed E-state index contributed by atoms with van der Waals surface area (Å²) in [5, 5.41) is 0.819. The van der Waals surface area contributed by atoms with E-state index in [1.807, 2.05) is 23.1 Å². The first-order valence-corrected chi connectivity index (χ1v) is 9.51. The average molecular weight is 352 g/mol. The number of methoxy groups -OCH3 is 1. The third-order valence-corrected chi connectivity index (χ3v) is 4.93. The van der Waals surface area contributed by atoms with Crippen LogP contribution in [-0.2, 0) is 21.3 Å². The highest BCUT2D eigenvalue weighted by Gasteiger charge is 2.25. The highest BCUT2D eigenvalue weighted by atomic mass is 32.2. The van der Waals surface area contributed by atoms with Crippen molar-refractivity contribution in [2.75, 3.05) is 25.0 Å². The lowest BCUT2D eigenvalue weighted by Gasteiger charge is -2.30. The monoisotopic (exact) mass is 352 g/mol. The minimum absolute atomic E-state index is 0.241. The summed E-state index contributed by atoms with van der Waals surface area (Å²) in [6.07, 6.45) is 4.44. The molecule has 0 bridgehead atoms. The van der Waals surface area contributed by atoms with Gasteiger partial charge in [-0.05, 0) is 17.7 Å². The van der Waals surface area contributed by atoms with Gasteiger partial charge in [0.05, 0.1) is 11.9 Å². The van der Waals surface area contributed by atoms with Crippen LogP contribution in [0.5, 0.6) is 0 Å². The number of ether oxygens (including phenoxy) is 1. The first-order chi connectivity index (χ1) is 11.0. The summed E-state index contributed by atoms with van der Waals surface area (Å²) < 4.78 is 30.3. The van der Waals surface area contributed by atoms with E-state index >= 15 is 0 Å². The number of fused-ring (bicyclic) bond motifs is 2. The van der Waals surface area contributed by atoms with Gasteiger partial charge in [0, 0.05) is 30.9 Å². The van der Waals surface area contributed by atoms with Crippen LogP contribution in [0.2, 0.25) is 0 Å². The maximum absolute atomic E-state index is 11.3. The summed E-state index contributed by atoms with van der Waals surface area (Å²) >= 11 is 1.53. The molecule has 0 saturated carbocycles. The van der Waals surface area contributed by atoms with Gasteiger partial charge in [-0.25, -0.2) is 23.1 Å². The molecule has 0 amide bonds. The van der Waals surface area contributed by atoms with Crippen molar-refractivity contribution < 1.29 is 13.2 Å². The van der Waals surface area contributed by atoms with Crippen LogP contribution < -0.4 is 9.62 Å². The number of anilines is 2. The van der Waals surface area contributed by atoms with Crippen LogP contribution in [-0.4, -0.2) is 38.5 Å². The van der Waals surface area contributed by atoms with Crippen LogP contribution in [0.1, 0.15) is 5.56 Å². The predicted molar refractivity (Wildman–Crippen MR) is 88.3 cm³/mol. The maximum atomic E-state index is 11.3. The number of hydrogen-bond donors (Lipinski definition) is 1. The lowest BCUT2D eigenvalue weighted by atomic mass is 10.2. The van der Waals surface area contributed by atoms with Crippen molar-refractivity contribution >= 4 is 33.3 Å². The summed E-state index contributed by atoms with van der Waals surface area (Å²) in [5.41, 5.74) is 1.79. The van der Waals surface area contributed by atoms with Crippen molar-refractivity contribution in [3.63, 3.8) is 0 Å². The first kappa shape index (κ1) is 16.2. The Balaban J connectivity index is 1.96. The fourth-order valence-electron chi connectivity index (χ4n) is 2.24. The van der Waals surface area contributed by atoms with E-state index in [0.29, 0.717) is 6.73 Å². The van der Waals surface area contributed by atoms with Gasteiger partial charge in [-0.1, -0.05) is 17.8 Å². The van der Waals surface area contributed by atoms with Crippen molar-refractivity contribution in [1.29, 1.82) is 0 Å². The first-order valence-electron chi connectivity index (χ1n) is 6.81. The fraction of sp³-hybridized carbons (Fsp3) is 0.286. The predicted octanol–water partition coefficient (Wildman–Crippen LogP) is 1.73. The van der Waals surface area contributed by atoms with Gasteiger partial charge in [0.25, 0.3) is 0 Å². The fourth-order valence-corrected chi connectivity index (χ4v) is 3.65. The largest absolute Gasteiger partial charge is 0.364 e. The van der Waals surface area contributed by atoms with Gasteiger partial charge < -0.3 is 4.74 Å². The molecule has 0 spiro atoms.